The van der Waals surface area contributed by atoms with E-state index in [1.807, 2.05) is 20.8 Å². The van der Waals surface area contributed by atoms with Crippen molar-refractivity contribution in [3.05, 3.63) is 79.6 Å². The molecule has 13 nitrogen and oxygen atoms in total. The van der Waals surface area contributed by atoms with E-state index >= 15 is 0 Å². The molecule has 0 aliphatic heterocycles. The number of aryl methyl sites for hydroxylation is 1. The lowest BCUT2D eigenvalue weighted by molar-refractivity contribution is -0.385. The highest BCUT2D eigenvalue weighted by molar-refractivity contribution is 7.99. The maximum absolute atomic E-state index is 12.9. The predicted octanol–water partition coefficient (Wildman–Crippen LogP) is 4.28. The van der Waals surface area contributed by atoms with Gasteiger partial charge in [0.2, 0.25) is 5.91 Å². The van der Waals surface area contributed by atoms with Crippen molar-refractivity contribution >= 4 is 40.6 Å². The molecule has 3 aromatic rings. The van der Waals surface area contributed by atoms with Crippen LogP contribution in [0.15, 0.2) is 47.6 Å². The summed E-state index contributed by atoms with van der Waals surface area (Å²) in [4.78, 5) is 46.4. The number of amides is 2. The summed E-state index contributed by atoms with van der Waals surface area (Å²) in [6.45, 7) is 7.84. The highest BCUT2D eigenvalue weighted by Crippen LogP contribution is 2.27. The first-order valence-corrected chi connectivity index (χ1v) is 12.7. The average Bonchev–Trinajstić information content (AvgIpc) is 3.29. The highest BCUT2D eigenvalue weighted by atomic mass is 32.2. The van der Waals surface area contributed by atoms with Crippen LogP contribution in [-0.2, 0) is 11.3 Å². The van der Waals surface area contributed by atoms with Crippen LogP contribution in [0.5, 0.6) is 0 Å². The summed E-state index contributed by atoms with van der Waals surface area (Å²) < 4.78 is 1.80. The van der Waals surface area contributed by atoms with E-state index in [0.717, 1.165) is 11.8 Å². The number of carbonyl (C=O) groups excluding carboxylic acids is 2. The molecule has 0 radical (unpaired) electrons. The molecule has 0 spiro atoms. The molecule has 1 atom stereocenters. The molecular formula is C24H27N7O6S. The lowest BCUT2D eigenvalue weighted by atomic mass is 10.0. The number of carbonyl (C=O) groups is 2. The van der Waals surface area contributed by atoms with Crippen LogP contribution in [0, 0.1) is 33.1 Å². The predicted molar refractivity (Wildman–Crippen MR) is 141 cm³/mol. The number of hydrogen-bond donors (Lipinski definition) is 2. The van der Waals surface area contributed by atoms with Gasteiger partial charge in [0, 0.05) is 42.1 Å². The Bertz CT molecular complexity index is 1370. The maximum Gasteiger partial charge on any atom is 0.270 e. The van der Waals surface area contributed by atoms with Crippen LogP contribution >= 0.6 is 11.8 Å². The minimum absolute atomic E-state index is 0.0148. The SMILES string of the molecule is CCn1c(SCC(=O)Nc2ccc([N+](=O)[O-])cc2C)nnc1[C@@H](NC(=O)c1cccc([N+](=O)[O-])c1)C(C)C. The largest absolute Gasteiger partial charge is 0.342 e. The van der Waals surface area contributed by atoms with E-state index in [4.69, 9.17) is 0 Å². The van der Waals surface area contributed by atoms with E-state index in [1.54, 1.807) is 11.5 Å². The van der Waals surface area contributed by atoms with Crippen LogP contribution in [0.2, 0.25) is 0 Å². The Kier molecular flexibility index (Phi) is 9.12. The van der Waals surface area contributed by atoms with Crippen molar-refractivity contribution in [3.8, 4) is 0 Å². The summed E-state index contributed by atoms with van der Waals surface area (Å²) in [5, 5.41) is 36.6. The van der Waals surface area contributed by atoms with E-state index in [9.17, 15) is 29.8 Å². The second kappa shape index (κ2) is 12.3. The van der Waals surface area contributed by atoms with E-state index in [1.165, 1.54) is 42.5 Å². The molecule has 2 amide bonds. The fourth-order valence-electron chi connectivity index (χ4n) is 3.67. The van der Waals surface area contributed by atoms with E-state index in [-0.39, 0.29) is 34.5 Å². The zero-order valence-corrected chi connectivity index (χ0v) is 22.0. The second-order valence-electron chi connectivity index (χ2n) is 8.68. The lowest BCUT2D eigenvalue weighted by Crippen LogP contribution is -2.33. The molecule has 0 fully saturated rings. The van der Waals surface area contributed by atoms with Gasteiger partial charge in [-0.25, -0.2) is 0 Å². The molecule has 0 saturated heterocycles. The van der Waals surface area contributed by atoms with Gasteiger partial charge in [0.05, 0.1) is 21.6 Å². The van der Waals surface area contributed by atoms with Crippen molar-refractivity contribution in [2.75, 3.05) is 11.1 Å². The van der Waals surface area contributed by atoms with Crippen LogP contribution < -0.4 is 10.6 Å². The third kappa shape index (κ3) is 6.70. The van der Waals surface area contributed by atoms with Gasteiger partial charge in [0.15, 0.2) is 11.0 Å². The van der Waals surface area contributed by atoms with Gasteiger partial charge in [-0.15, -0.1) is 10.2 Å². The first-order valence-electron chi connectivity index (χ1n) is 11.7. The van der Waals surface area contributed by atoms with Crippen LogP contribution in [0.1, 0.15) is 48.6 Å². The fraction of sp³-hybridized carbons (Fsp3) is 0.333. The Balaban J connectivity index is 1.72. The third-order valence-electron chi connectivity index (χ3n) is 5.64. The standard InChI is InChI=1S/C24H27N7O6S/c1-5-29-22(21(14(2)3)26-23(33)16-7-6-8-17(12-16)30(34)35)27-28-24(29)38-13-20(32)25-19-10-9-18(31(36)37)11-15(19)4/h6-12,14,21H,5,13H2,1-4H3,(H,25,32)(H,26,33)/t21-/m0/s1. The number of nitrogens with zero attached hydrogens (tertiary/aromatic N) is 5. The topological polar surface area (TPSA) is 175 Å². The molecule has 2 aromatic carbocycles. The maximum atomic E-state index is 12.9. The number of aromatic nitrogens is 3. The van der Waals surface area contributed by atoms with Crippen molar-refractivity contribution in [1.29, 1.82) is 0 Å². The normalized spacial score (nSPS) is 11.7. The van der Waals surface area contributed by atoms with Gasteiger partial charge in [-0.05, 0) is 37.5 Å². The van der Waals surface area contributed by atoms with E-state index in [2.05, 4.69) is 20.8 Å². The molecule has 0 aliphatic carbocycles. The van der Waals surface area contributed by atoms with Gasteiger partial charge < -0.3 is 15.2 Å². The zero-order valence-electron chi connectivity index (χ0n) is 21.2. The quantitative estimate of drug-likeness (QED) is 0.204. The summed E-state index contributed by atoms with van der Waals surface area (Å²) in [6, 6.07) is 9.12. The summed E-state index contributed by atoms with van der Waals surface area (Å²) in [5.74, 6) is -0.376. The van der Waals surface area contributed by atoms with Gasteiger partial charge in [-0.1, -0.05) is 31.7 Å². The van der Waals surface area contributed by atoms with Gasteiger partial charge in [-0.3, -0.25) is 29.8 Å². The number of nitro benzene ring substituents is 2. The van der Waals surface area contributed by atoms with Crippen molar-refractivity contribution < 1.29 is 19.4 Å². The van der Waals surface area contributed by atoms with Crippen LogP contribution in [-0.4, -0.2) is 42.2 Å². The molecular weight excluding hydrogens is 514 g/mol. The molecule has 0 bridgehead atoms. The molecule has 0 aliphatic rings. The van der Waals surface area contributed by atoms with E-state index in [0.29, 0.717) is 28.8 Å². The summed E-state index contributed by atoms with van der Waals surface area (Å²) in [6.07, 6.45) is 0. The summed E-state index contributed by atoms with van der Waals surface area (Å²) in [5.41, 5.74) is 0.950. The Hall–Kier alpha value is -4.33. The number of benzene rings is 2. The Morgan fingerprint density at radius 2 is 1.74 bits per heavy atom. The number of thioether (sulfide) groups is 1. The number of non-ortho nitro benzene ring substituents is 2. The molecule has 1 aromatic heterocycles. The Morgan fingerprint density at radius 3 is 2.34 bits per heavy atom. The zero-order chi connectivity index (χ0) is 28.0. The fourth-order valence-corrected chi connectivity index (χ4v) is 4.48. The molecule has 1 heterocycles. The van der Waals surface area contributed by atoms with Gasteiger partial charge in [-0.2, -0.15) is 0 Å². The van der Waals surface area contributed by atoms with Crippen molar-refractivity contribution in [3.63, 3.8) is 0 Å². The molecule has 0 unspecified atom stereocenters. The molecule has 14 heteroatoms. The van der Waals surface area contributed by atoms with Crippen LogP contribution in [0.4, 0.5) is 17.1 Å². The Morgan fingerprint density at radius 1 is 1.05 bits per heavy atom. The van der Waals surface area contributed by atoms with Gasteiger partial charge in [0.1, 0.15) is 0 Å². The first kappa shape index (κ1) is 28.2. The van der Waals surface area contributed by atoms with E-state index < -0.39 is 21.8 Å². The van der Waals surface area contributed by atoms with Crippen molar-refractivity contribution in [2.24, 2.45) is 5.92 Å². The summed E-state index contributed by atoms with van der Waals surface area (Å²) in [7, 11) is 0. The van der Waals surface area contributed by atoms with Crippen LogP contribution in [0.3, 0.4) is 0 Å². The number of nitrogens with one attached hydrogen (secondary N) is 2. The number of hydrogen-bond acceptors (Lipinski definition) is 9. The molecule has 2 N–H and O–H groups in total. The highest BCUT2D eigenvalue weighted by Gasteiger charge is 2.27. The second-order valence-corrected chi connectivity index (χ2v) is 9.62. The molecule has 0 saturated carbocycles. The number of anilines is 1. The first-order chi connectivity index (χ1) is 18.0. The van der Waals surface area contributed by atoms with Crippen molar-refractivity contribution in [1.82, 2.24) is 20.1 Å². The number of rotatable bonds is 11. The van der Waals surface area contributed by atoms with Gasteiger partial charge >= 0.3 is 0 Å². The van der Waals surface area contributed by atoms with Gasteiger partial charge in [0.25, 0.3) is 17.3 Å². The minimum Gasteiger partial charge on any atom is -0.342 e. The lowest BCUT2D eigenvalue weighted by Gasteiger charge is -2.22. The van der Waals surface area contributed by atoms with Crippen LogP contribution in [0.25, 0.3) is 0 Å². The Labute approximate surface area is 222 Å². The minimum atomic E-state index is -0.562. The van der Waals surface area contributed by atoms with Crippen molar-refractivity contribution in [2.45, 2.75) is 45.4 Å². The molecule has 3 rings (SSSR count). The monoisotopic (exact) mass is 541 g/mol. The number of nitro groups is 2. The third-order valence-corrected chi connectivity index (χ3v) is 6.61. The summed E-state index contributed by atoms with van der Waals surface area (Å²) >= 11 is 1.16. The average molecular weight is 542 g/mol. The smallest absolute Gasteiger partial charge is 0.270 e. The molecule has 200 valence electrons. The molecule has 38 heavy (non-hydrogen) atoms.